The smallest absolute Gasteiger partial charge is 0.322 e. The zero-order valence-electron chi connectivity index (χ0n) is 17.6. The third-order valence-corrected chi connectivity index (χ3v) is 7.83. The molecule has 0 amide bonds. The van der Waals surface area contributed by atoms with Gasteiger partial charge in [0.1, 0.15) is 15.7 Å². The molecule has 8 nitrogen and oxygen atoms in total. The lowest BCUT2D eigenvalue weighted by atomic mass is 10.0. The van der Waals surface area contributed by atoms with Gasteiger partial charge in [-0.3, -0.25) is 9.69 Å². The van der Waals surface area contributed by atoms with Crippen molar-refractivity contribution < 1.29 is 26.8 Å². The first-order chi connectivity index (χ1) is 16.3. The lowest BCUT2D eigenvalue weighted by Crippen LogP contribution is -2.36. The number of carbonyl (C=O) groups excluding carboxylic acids is 1. The van der Waals surface area contributed by atoms with E-state index >= 15 is 4.39 Å². The van der Waals surface area contributed by atoms with Gasteiger partial charge < -0.3 is 10.2 Å². The van der Waals surface area contributed by atoms with Crippen molar-refractivity contribution in [2.45, 2.75) is 24.4 Å². The van der Waals surface area contributed by atoms with Crippen LogP contribution >= 0.6 is 22.9 Å². The Morgan fingerprint density at radius 1 is 1.26 bits per heavy atom. The SMILES string of the molecule is O=CON(c1cscn1)S(=O)(=O)c1ccc(NCc2c(F)cccc2CN2CCC2)c(Cl)c1F. The van der Waals surface area contributed by atoms with Crippen molar-refractivity contribution >= 4 is 50.9 Å². The number of hydrogen-bond donors (Lipinski definition) is 1. The van der Waals surface area contributed by atoms with Crippen LogP contribution in [0.25, 0.3) is 0 Å². The van der Waals surface area contributed by atoms with Gasteiger partial charge in [0, 0.05) is 24.0 Å². The number of sulfonamides is 1. The van der Waals surface area contributed by atoms with E-state index in [0.717, 1.165) is 42.5 Å². The fraction of sp³-hybridized carbons (Fsp3) is 0.238. The number of nitrogens with zero attached hydrogens (tertiary/aromatic N) is 3. The second-order valence-corrected chi connectivity index (χ2v) is 10.2. The number of likely N-dealkylation sites (tertiary alicyclic amines) is 1. The maximum absolute atomic E-state index is 15.1. The highest BCUT2D eigenvalue weighted by molar-refractivity contribution is 7.92. The van der Waals surface area contributed by atoms with E-state index in [9.17, 15) is 17.6 Å². The number of nitrogens with one attached hydrogen (secondary N) is 1. The zero-order chi connectivity index (χ0) is 24.3. The molecule has 1 aliphatic heterocycles. The maximum Gasteiger partial charge on any atom is 0.322 e. The summed E-state index contributed by atoms with van der Waals surface area (Å²) in [4.78, 5) is 20.5. The van der Waals surface area contributed by atoms with Crippen LogP contribution in [0.1, 0.15) is 17.5 Å². The lowest BCUT2D eigenvalue weighted by Gasteiger charge is -2.31. The fourth-order valence-electron chi connectivity index (χ4n) is 3.44. The molecule has 1 fully saturated rings. The van der Waals surface area contributed by atoms with Gasteiger partial charge in [0.15, 0.2) is 11.6 Å². The topological polar surface area (TPSA) is 91.8 Å². The number of thiazole rings is 1. The van der Waals surface area contributed by atoms with Crippen molar-refractivity contribution in [2.75, 3.05) is 22.9 Å². The molecule has 2 aromatic carbocycles. The van der Waals surface area contributed by atoms with E-state index < -0.39 is 31.6 Å². The highest BCUT2D eigenvalue weighted by Gasteiger charge is 2.33. The number of anilines is 2. The molecular formula is C21H19ClF2N4O4S2. The molecule has 2 heterocycles. The standard InChI is InChI=1S/C21H19ClF2N4O4S2/c22-20-17(25-9-15-14(3-1-4-16(15)23)10-27-7-2-8-27)5-6-18(21(20)24)34(30,31)28(32-13-29)19-11-33-12-26-19/h1,3-6,11-13,25H,2,7-10H2. The van der Waals surface area contributed by atoms with E-state index in [2.05, 4.69) is 20.0 Å². The van der Waals surface area contributed by atoms with Crippen LogP contribution in [0, 0.1) is 11.6 Å². The summed E-state index contributed by atoms with van der Waals surface area (Å²) in [6.07, 6.45) is 1.10. The van der Waals surface area contributed by atoms with Gasteiger partial charge in [-0.25, -0.2) is 13.8 Å². The van der Waals surface area contributed by atoms with E-state index in [-0.39, 0.29) is 29.0 Å². The first-order valence-electron chi connectivity index (χ1n) is 10.1. The van der Waals surface area contributed by atoms with Crippen LogP contribution in [0.15, 0.2) is 46.1 Å². The first kappa shape index (κ1) is 24.3. The molecular weight excluding hydrogens is 510 g/mol. The highest BCUT2D eigenvalue weighted by Crippen LogP contribution is 2.33. The van der Waals surface area contributed by atoms with Crippen LogP contribution in [-0.4, -0.2) is 37.9 Å². The van der Waals surface area contributed by atoms with Crippen LogP contribution < -0.4 is 9.79 Å². The Hall–Kier alpha value is -2.80. The summed E-state index contributed by atoms with van der Waals surface area (Å²) in [5, 5.41) is 3.68. The van der Waals surface area contributed by atoms with Crippen molar-refractivity contribution in [3.05, 3.63) is 69.0 Å². The summed E-state index contributed by atoms with van der Waals surface area (Å²) in [5.74, 6) is -1.88. The van der Waals surface area contributed by atoms with Crippen molar-refractivity contribution in [3.8, 4) is 0 Å². The third kappa shape index (κ3) is 4.85. The molecule has 1 aromatic heterocycles. The van der Waals surface area contributed by atoms with Gasteiger partial charge in [0.2, 0.25) is 0 Å². The molecule has 0 saturated carbocycles. The molecule has 3 aromatic rings. The Morgan fingerprint density at radius 2 is 2.06 bits per heavy atom. The minimum atomic E-state index is -4.68. The molecule has 0 bridgehead atoms. The number of carbonyl (C=O) groups is 1. The quantitative estimate of drug-likeness (QED) is 0.312. The average molecular weight is 529 g/mol. The monoisotopic (exact) mass is 528 g/mol. The molecule has 0 unspecified atom stereocenters. The van der Waals surface area contributed by atoms with E-state index in [4.69, 9.17) is 11.6 Å². The van der Waals surface area contributed by atoms with Crippen LogP contribution in [0.4, 0.5) is 20.3 Å². The molecule has 34 heavy (non-hydrogen) atoms. The Bertz CT molecular complexity index is 1290. The molecule has 0 aliphatic carbocycles. The summed E-state index contributed by atoms with van der Waals surface area (Å²) in [5.41, 5.74) is 2.61. The minimum Gasteiger partial charge on any atom is -0.380 e. The Labute approximate surface area is 203 Å². The van der Waals surface area contributed by atoms with Gasteiger partial charge in [-0.1, -0.05) is 28.2 Å². The number of hydrogen-bond acceptors (Lipinski definition) is 8. The summed E-state index contributed by atoms with van der Waals surface area (Å²) in [6.45, 7) is 2.39. The van der Waals surface area contributed by atoms with Gasteiger partial charge in [0.05, 0.1) is 11.2 Å². The zero-order valence-corrected chi connectivity index (χ0v) is 20.0. The van der Waals surface area contributed by atoms with E-state index in [0.29, 0.717) is 12.1 Å². The Morgan fingerprint density at radius 3 is 2.71 bits per heavy atom. The number of aromatic nitrogens is 1. The van der Waals surface area contributed by atoms with Gasteiger partial charge in [-0.15, -0.1) is 11.3 Å². The van der Waals surface area contributed by atoms with Crippen molar-refractivity contribution in [1.29, 1.82) is 0 Å². The molecule has 180 valence electrons. The average Bonchev–Trinajstić information content (AvgIpc) is 3.30. The van der Waals surface area contributed by atoms with Crippen molar-refractivity contribution in [2.24, 2.45) is 0 Å². The maximum atomic E-state index is 15.1. The summed E-state index contributed by atoms with van der Waals surface area (Å²) in [6, 6.07) is 7.05. The van der Waals surface area contributed by atoms with Gasteiger partial charge >= 0.3 is 6.47 Å². The van der Waals surface area contributed by atoms with Gasteiger partial charge in [-0.2, -0.15) is 8.42 Å². The fourth-order valence-corrected chi connectivity index (χ4v) is 5.54. The predicted octanol–water partition coefficient (Wildman–Crippen LogP) is 4.18. The number of rotatable bonds is 10. The lowest BCUT2D eigenvalue weighted by molar-refractivity contribution is -0.128. The van der Waals surface area contributed by atoms with E-state index in [1.807, 2.05) is 6.07 Å². The van der Waals surface area contributed by atoms with Gasteiger partial charge in [-0.05, 0) is 43.3 Å². The molecule has 4 rings (SSSR count). The van der Waals surface area contributed by atoms with Crippen molar-refractivity contribution in [1.82, 2.24) is 9.88 Å². The molecule has 0 atom stereocenters. The Balaban J connectivity index is 1.59. The largest absolute Gasteiger partial charge is 0.380 e. The van der Waals surface area contributed by atoms with Gasteiger partial charge in [0.25, 0.3) is 10.0 Å². The summed E-state index contributed by atoms with van der Waals surface area (Å²) >= 11 is 7.18. The number of benzene rings is 2. The second-order valence-electron chi connectivity index (χ2n) is 7.38. The Kier molecular flexibility index (Phi) is 7.31. The minimum absolute atomic E-state index is 0.0142. The summed E-state index contributed by atoms with van der Waals surface area (Å²) in [7, 11) is -4.68. The van der Waals surface area contributed by atoms with Crippen LogP contribution in [0.3, 0.4) is 0 Å². The molecule has 0 spiro atoms. The molecule has 1 aliphatic rings. The number of halogens is 3. The highest BCUT2D eigenvalue weighted by atomic mass is 35.5. The normalized spacial score (nSPS) is 13.9. The molecule has 0 radical (unpaired) electrons. The van der Waals surface area contributed by atoms with Crippen LogP contribution in [0.2, 0.25) is 5.02 Å². The third-order valence-electron chi connectivity index (χ3n) is 5.30. The summed E-state index contributed by atoms with van der Waals surface area (Å²) < 4.78 is 55.7. The molecule has 1 saturated heterocycles. The van der Waals surface area contributed by atoms with E-state index in [1.165, 1.54) is 23.0 Å². The van der Waals surface area contributed by atoms with Crippen LogP contribution in [-0.2, 0) is 32.7 Å². The first-order valence-corrected chi connectivity index (χ1v) is 12.8. The molecule has 1 N–H and O–H groups in total. The molecule has 13 heteroatoms. The van der Waals surface area contributed by atoms with Crippen molar-refractivity contribution in [3.63, 3.8) is 0 Å². The van der Waals surface area contributed by atoms with E-state index in [1.54, 1.807) is 6.07 Å². The van der Waals surface area contributed by atoms with Crippen LogP contribution in [0.5, 0.6) is 0 Å². The second kappa shape index (κ2) is 10.2. The predicted molar refractivity (Wildman–Crippen MR) is 124 cm³/mol.